The summed E-state index contributed by atoms with van der Waals surface area (Å²) >= 11 is 0. The van der Waals surface area contributed by atoms with Crippen molar-refractivity contribution in [3.8, 4) is 0 Å². The van der Waals surface area contributed by atoms with E-state index in [1.807, 2.05) is 23.1 Å². The summed E-state index contributed by atoms with van der Waals surface area (Å²) in [6.45, 7) is 3.16. The van der Waals surface area contributed by atoms with E-state index in [0.717, 1.165) is 18.1 Å². The molecule has 1 aliphatic heterocycles. The van der Waals surface area contributed by atoms with Crippen molar-refractivity contribution >= 4 is 11.6 Å². The van der Waals surface area contributed by atoms with Gasteiger partial charge in [0, 0.05) is 19.2 Å². The van der Waals surface area contributed by atoms with E-state index in [9.17, 15) is 4.79 Å². The lowest BCUT2D eigenvalue weighted by atomic mass is 10.1. The molecule has 4 heterocycles. The zero-order chi connectivity index (χ0) is 19.1. The fourth-order valence-electron chi connectivity index (χ4n) is 3.79. The first kappa shape index (κ1) is 16.6. The molecule has 140 valence electrons. The average molecular weight is 373 g/mol. The summed E-state index contributed by atoms with van der Waals surface area (Å²) in [7, 11) is 0. The topological polar surface area (TPSA) is 81.2 Å². The SMILES string of the molecule is C[C@H]1CN(C(=O)c2ccc3ncnn3c2)Cc2nnc(Cc3ccccc3)n21. The van der Waals surface area contributed by atoms with Crippen molar-refractivity contribution < 1.29 is 4.79 Å². The summed E-state index contributed by atoms with van der Waals surface area (Å²) < 4.78 is 3.78. The Morgan fingerprint density at radius 1 is 1.14 bits per heavy atom. The van der Waals surface area contributed by atoms with Gasteiger partial charge in [-0.05, 0) is 24.6 Å². The summed E-state index contributed by atoms with van der Waals surface area (Å²) in [6.07, 6.45) is 3.92. The van der Waals surface area contributed by atoms with Crippen LogP contribution in [0, 0.1) is 0 Å². The number of fused-ring (bicyclic) bond motifs is 2. The van der Waals surface area contributed by atoms with E-state index in [-0.39, 0.29) is 11.9 Å². The number of pyridine rings is 1. The number of hydrogen-bond acceptors (Lipinski definition) is 5. The van der Waals surface area contributed by atoms with Crippen LogP contribution in [0.3, 0.4) is 0 Å². The second kappa shape index (κ2) is 6.56. The Labute approximate surface area is 161 Å². The fraction of sp³-hybridized carbons (Fsp3) is 0.250. The average Bonchev–Trinajstić information content (AvgIpc) is 3.35. The van der Waals surface area contributed by atoms with Crippen molar-refractivity contribution in [2.45, 2.75) is 25.9 Å². The maximum Gasteiger partial charge on any atom is 0.255 e. The highest BCUT2D eigenvalue weighted by molar-refractivity contribution is 5.94. The predicted octanol–water partition coefficient (Wildman–Crippen LogP) is 2.13. The van der Waals surface area contributed by atoms with Gasteiger partial charge >= 0.3 is 0 Å². The van der Waals surface area contributed by atoms with Crippen LogP contribution >= 0.6 is 0 Å². The molecule has 0 saturated carbocycles. The number of amides is 1. The molecule has 0 aliphatic carbocycles. The lowest BCUT2D eigenvalue weighted by Gasteiger charge is -2.32. The zero-order valence-corrected chi connectivity index (χ0v) is 15.4. The Bertz CT molecular complexity index is 1150. The molecule has 1 amide bonds. The Morgan fingerprint density at radius 2 is 2.00 bits per heavy atom. The van der Waals surface area contributed by atoms with Crippen LogP contribution in [-0.2, 0) is 13.0 Å². The molecule has 5 rings (SSSR count). The van der Waals surface area contributed by atoms with Gasteiger partial charge in [0.25, 0.3) is 5.91 Å². The molecule has 3 aromatic heterocycles. The molecular weight excluding hydrogens is 354 g/mol. The van der Waals surface area contributed by atoms with Crippen LogP contribution in [0.2, 0.25) is 0 Å². The first-order chi connectivity index (χ1) is 13.7. The van der Waals surface area contributed by atoms with Gasteiger partial charge < -0.3 is 9.47 Å². The van der Waals surface area contributed by atoms with Gasteiger partial charge in [0.2, 0.25) is 0 Å². The van der Waals surface area contributed by atoms with Crippen LogP contribution in [-0.4, -0.2) is 46.7 Å². The maximum absolute atomic E-state index is 13.0. The van der Waals surface area contributed by atoms with Gasteiger partial charge in [-0.1, -0.05) is 30.3 Å². The molecule has 0 saturated heterocycles. The van der Waals surface area contributed by atoms with Gasteiger partial charge in [-0.3, -0.25) is 4.79 Å². The van der Waals surface area contributed by atoms with Gasteiger partial charge in [0.15, 0.2) is 11.5 Å². The van der Waals surface area contributed by atoms with Gasteiger partial charge in [-0.2, -0.15) is 5.10 Å². The first-order valence-corrected chi connectivity index (χ1v) is 9.24. The van der Waals surface area contributed by atoms with Gasteiger partial charge in [-0.25, -0.2) is 9.50 Å². The summed E-state index contributed by atoms with van der Waals surface area (Å²) in [5.41, 5.74) is 2.50. The minimum Gasteiger partial charge on any atom is -0.329 e. The van der Waals surface area contributed by atoms with Crippen LogP contribution in [0.15, 0.2) is 55.0 Å². The molecule has 8 nitrogen and oxygen atoms in total. The third-order valence-electron chi connectivity index (χ3n) is 5.11. The van der Waals surface area contributed by atoms with Crippen molar-refractivity contribution in [3.05, 3.63) is 77.8 Å². The molecule has 0 N–H and O–H groups in total. The molecule has 8 heteroatoms. The van der Waals surface area contributed by atoms with Crippen molar-refractivity contribution in [2.24, 2.45) is 0 Å². The number of nitrogens with zero attached hydrogens (tertiary/aromatic N) is 7. The summed E-state index contributed by atoms with van der Waals surface area (Å²) in [4.78, 5) is 19.0. The molecule has 0 spiro atoms. The molecule has 4 aromatic rings. The molecular formula is C20H19N7O. The van der Waals surface area contributed by atoms with E-state index >= 15 is 0 Å². The molecule has 0 bridgehead atoms. The van der Waals surface area contributed by atoms with Crippen LogP contribution in [0.25, 0.3) is 5.65 Å². The number of carbonyl (C=O) groups excluding carboxylic acids is 1. The van der Waals surface area contributed by atoms with Crippen LogP contribution in [0.5, 0.6) is 0 Å². The Balaban J connectivity index is 1.40. The highest BCUT2D eigenvalue weighted by Gasteiger charge is 2.29. The lowest BCUT2D eigenvalue weighted by molar-refractivity contribution is 0.0679. The zero-order valence-electron chi connectivity index (χ0n) is 15.4. The van der Waals surface area contributed by atoms with E-state index in [0.29, 0.717) is 24.3 Å². The number of rotatable bonds is 3. The minimum absolute atomic E-state index is 0.0388. The Hall–Kier alpha value is -3.55. The van der Waals surface area contributed by atoms with Crippen molar-refractivity contribution in [1.29, 1.82) is 0 Å². The van der Waals surface area contributed by atoms with Gasteiger partial charge in [0.1, 0.15) is 12.2 Å². The van der Waals surface area contributed by atoms with E-state index < -0.39 is 0 Å². The molecule has 28 heavy (non-hydrogen) atoms. The summed E-state index contributed by atoms with van der Waals surface area (Å²) in [5, 5.41) is 12.9. The second-order valence-corrected chi connectivity index (χ2v) is 7.08. The lowest BCUT2D eigenvalue weighted by Crippen LogP contribution is -2.40. The Morgan fingerprint density at radius 3 is 2.86 bits per heavy atom. The smallest absolute Gasteiger partial charge is 0.255 e. The number of hydrogen-bond donors (Lipinski definition) is 0. The summed E-state index contributed by atoms with van der Waals surface area (Å²) in [5.74, 6) is 1.72. The molecule has 0 radical (unpaired) electrons. The fourth-order valence-corrected chi connectivity index (χ4v) is 3.79. The minimum atomic E-state index is -0.0388. The van der Waals surface area contributed by atoms with Crippen LogP contribution < -0.4 is 0 Å². The molecule has 1 aromatic carbocycles. The highest BCUT2D eigenvalue weighted by Crippen LogP contribution is 2.24. The molecule has 0 fully saturated rings. The van der Waals surface area contributed by atoms with Crippen molar-refractivity contribution in [3.63, 3.8) is 0 Å². The molecule has 1 aliphatic rings. The number of aromatic nitrogens is 6. The van der Waals surface area contributed by atoms with Crippen molar-refractivity contribution in [1.82, 2.24) is 34.3 Å². The molecule has 1 atom stereocenters. The highest BCUT2D eigenvalue weighted by atomic mass is 16.2. The van der Waals surface area contributed by atoms with E-state index in [1.54, 1.807) is 22.8 Å². The van der Waals surface area contributed by atoms with Crippen LogP contribution in [0.1, 0.15) is 40.5 Å². The second-order valence-electron chi connectivity index (χ2n) is 7.08. The van der Waals surface area contributed by atoms with E-state index in [2.05, 4.69) is 43.9 Å². The monoisotopic (exact) mass is 373 g/mol. The number of carbonyl (C=O) groups is 1. The van der Waals surface area contributed by atoms with E-state index in [1.165, 1.54) is 11.9 Å². The van der Waals surface area contributed by atoms with Crippen LogP contribution in [0.4, 0.5) is 0 Å². The van der Waals surface area contributed by atoms with Gasteiger partial charge in [-0.15, -0.1) is 10.2 Å². The standard InChI is InChI=1S/C20H19N7O/c1-14-10-25(20(28)16-7-8-17-21-13-22-26(17)11-16)12-19-24-23-18(27(14)19)9-15-5-3-2-4-6-15/h2-8,11,13-14H,9-10,12H2,1H3/t14-/m0/s1. The molecule has 0 unspecified atom stereocenters. The largest absolute Gasteiger partial charge is 0.329 e. The third kappa shape index (κ3) is 2.83. The maximum atomic E-state index is 13.0. The third-order valence-corrected chi connectivity index (χ3v) is 5.11. The van der Waals surface area contributed by atoms with Crippen molar-refractivity contribution in [2.75, 3.05) is 6.54 Å². The summed E-state index contributed by atoms with van der Waals surface area (Å²) in [6, 6.07) is 13.9. The normalized spacial score (nSPS) is 16.3. The quantitative estimate of drug-likeness (QED) is 0.549. The number of benzene rings is 1. The Kier molecular flexibility index (Phi) is 3.89. The van der Waals surface area contributed by atoms with E-state index in [4.69, 9.17) is 0 Å². The first-order valence-electron chi connectivity index (χ1n) is 9.24. The van der Waals surface area contributed by atoms with Gasteiger partial charge in [0.05, 0.1) is 18.2 Å². The predicted molar refractivity (Wildman–Crippen MR) is 102 cm³/mol.